The first-order valence-corrected chi connectivity index (χ1v) is 9.81. The van der Waals surface area contributed by atoms with Gasteiger partial charge in [0.1, 0.15) is 11.6 Å². The predicted molar refractivity (Wildman–Crippen MR) is 108 cm³/mol. The van der Waals surface area contributed by atoms with E-state index in [2.05, 4.69) is 4.98 Å². The Morgan fingerprint density at radius 3 is 2.58 bits per heavy atom. The van der Waals surface area contributed by atoms with E-state index in [1.54, 1.807) is 34.1 Å². The lowest BCUT2D eigenvalue weighted by atomic mass is 10.1. The minimum atomic E-state index is -4.53. The van der Waals surface area contributed by atoms with Crippen LogP contribution in [0.1, 0.15) is 22.3 Å². The van der Waals surface area contributed by atoms with Crippen molar-refractivity contribution >= 4 is 29.2 Å². The topological polar surface area (TPSA) is 88.8 Å². The van der Waals surface area contributed by atoms with Crippen LogP contribution in [0, 0.1) is 0 Å². The van der Waals surface area contributed by atoms with E-state index >= 15 is 0 Å². The number of rotatable bonds is 5. The molecule has 2 aromatic rings. The number of para-hydroxylation sites is 1. The summed E-state index contributed by atoms with van der Waals surface area (Å²) in [4.78, 5) is 31.3. The molecule has 7 nitrogen and oxygen atoms in total. The van der Waals surface area contributed by atoms with Crippen molar-refractivity contribution in [2.24, 2.45) is 5.73 Å². The smallest absolute Gasteiger partial charge is 0.417 e. The highest BCUT2D eigenvalue weighted by Gasteiger charge is 2.32. The molecule has 2 amide bonds. The Bertz CT molecular complexity index is 971. The second-order valence-electron chi connectivity index (χ2n) is 6.91. The van der Waals surface area contributed by atoms with Crippen molar-refractivity contribution in [2.75, 3.05) is 37.7 Å². The number of ether oxygens (including phenoxy) is 1. The molecule has 0 spiro atoms. The van der Waals surface area contributed by atoms with Gasteiger partial charge in [-0.2, -0.15) is 13.2 Å². The molecule has 0 atom stereocenters. The molecule has 166 valence electrons. The maximum Gasteiger partial charge on any atom is 0.417 e. The summed E-state index contributed by atoms with van der Waals surface area (Å²) in [5.41, 5.74) is 4.48. The average Bonchev–Trinajstić information content (AvgIpc) is 2.97. The van der Waals surface area contributed by atoms with Crippen molar-refractivity contribution in [3.05, 3.63) is 52.7 Å². The number of nitrogens with two attached hydrogens (primary N) is 1. The van der Waals surface area contributed by atoms with Gasteiger partial charge in [0.05, 0.1) is 16.1 Å². The maximum absolute atomic E-state index is 13.0. The Labute approximate surface area is 181 Å². The number of nitrogens with zero attached hydrogens (tertiary/aromatic N) is 3. The quantitative estimate of drug-likeness (QED) is 0.747. The van der Waals surface area contributed by atoms with E-state index in [1.165, 1.54) is 0 Å². The van der Waals surface area contributed by atoms with Crippen molar-refractivity contribution < 1.29 is 27.5 Å². The minimum absolute atomic E-state index is 0.0974. The second kappa shape index (κ2) is 9.42. The van der Waals surface area contributed by atoms with Gasteiger partial charge in [-0.25, -0.2) is 4.98 Å². The fraction of sp³-hybridized carbons (Fsp3) is 0.350. The summed E-state index contributed by atoms with van der Waals surface area (Å²) in [5, 5.41) is -0.0974. The first kappa shape index (κ1) is 22.7. The molecule has 1 aliphatic heterocycles. The van der Waals surface area contributed by atoms with Crippen molar-refractivity contribution in [2.45, 2.75) is 12.6 Å². The molecule has 0 unspecified atom stereocenters. The van der Waals surface area contributed by atoms with E-state index in [1.807, 2.05) is 0 Å². The summed E-state index contributed by atoms with van der Waals surface area (Å²) in [6.07, 6.45) is -3.21. The molecule has 0 bridgehead atoms. The second-order valence-corrected chi connectivity index (χ2v) is 7.32. The molecule has 1 aromatic carbocycles. The number of pyridine rings is 1. The van der Waals surface area contributed by atoms with Gasteiger partial charge in [0, 0.05) is 32.4 Å². The zero-order valence-corrected chi connectivity index (χ0v) is 17.1. The van der Waals surface area contributed by atoms with E-state index in [-0.39, 0.29) is 29.1 Å². The fourth-order valence-electron chi connectivity index (χ4n) is 3.24. The number of primary amides is 1. The van der Waals surface area contributed by atoms with Crippen molar-refractivity contribution in [1.29, 1.82) is 0 Å². The van der Waals surface area contributed by atoms with Gasteiger partial charge in [0.15, 0.2) is 6.61 Å². The number of carbonyl (C=O) groups excluding carboxylic acids is 2. The molecule has 0 aliphatic carbocycles. The molecule has 31 heavy (non-hydrogen) atoms. The van der Waals surface area contributed by atoms with Crippen LogP contribution in [0.3, 0.4) is 0 Å². The van der Waals surface area contributed by atoms with Gasteiger partial charge in [-0.3, -0.25) is 9.59 Å². The molecule has 1 aliphatic rings. The highest BCUT2D eigenvalue weighted by atomic mass is 35.5. The molecule has 2 heterocycles. The van der Waals surface area contributed by atoms with Gasteiger partial charge in [-0.15, -0.1) is 0 Å². The zero-order valence-electron chi connectivity index (χ0n) is 16.4. The van der Waals surface area contributed by atoms with Gasteiger partial charge in [-0.1, -0.05) is 23.7 Å². The molecule has 1 saturated heterocycles. The summed E-state index contributed by atoms with van der Waals surface area (Å²) in [7, 11) is 0. The van der Waals surface area contributed by atoms with Crippen LogP contribution in [0.2, 0.25) is 5.02 Å². The summed E-state index contributed by atoms with van der Waals surface area (Å²) >= 11 is 6.06. The van der Waals surface area contributed by atoms with Gasteiger partial charge >= 0.3 is 6.18 Å². The molecule has 1 fully saturated rings. The molecule has 0 radical (unpaired) electrons. The highest BCUT2D eigenvalue weighted by Crippen LogP contribution is 2.33. The highest BCUT2D eigenvalue weighted by molar-refractivity contribution is 6.33. The Balaban J connectivity index is 1.72. The molecule has 11 heteroatoms. The number of benzene rings is 1. The lowest BCUT2D eigenvalue weighted by molar-refractivity contribution is -0.137. The molecule has 2 N–H and O–H groups in total. The van der Waals surface area contributed by atoms with Crippen molar-refractivity contribution in [3.8, 4) is 5.75 Å². The first-order valence-electron chi connectivity index (χ1n) is 9.44. The van der Waals surface area contributed by atoms with Gasteiger partial charge < -0.3 is 20.3 Å². The summed E-state index contributed by atoms with van der Waals surface area (Å²) in [6.45, 7) is 1.20. The number of hydrogen-bond donors (Lipinski definition) is 1. The largest absolute Gasteiger partial charge is 0.483 e. The summed E-state index contributed by atoms with van der Waals surface area (Å²) in [6, 6.07) is 7.38. The fourth-order valence-corrected chi connectivity index (χ4v) is 3.53. The van der Waals surface area contributed by atoms with Gasteiger partial charge in [-0.05, 0) is 24.6 Å². The van der Waals surface area contributed by atoms with Crippen LogP contribution in [-0.2, 0) is 11.0 Å². The SMILES string of the molecule is NC(=O)COc1ccccc1C(=O)N1CCCN(c2ncc(C(F)(F)F)cc2Cl)CC1. The van der Waals surface area contributed by atoms with Gasteiger partial charge in [0.2, 0.25) is 0 Å². The normalized spacial score (nSPS) is 14.8. The minimum Gasteiger partial charge on any atom is -0.483 e. The number of hydrogen-bond acceptors (Lipinski definition) is 5. The molecule has 0 saturated carbocycles. The number of carbonyl (C=O) groups is 2. The lowest BCUT2D eigenvalue weighted by Crippen LogP contribution is -2.35. The standard InChI is InChI=1S/C20H20ClF3N4O3/c21-15-10-13(20(22,23)24)11-26-18(15)27-6-3-7-28(9-8-27)19(30)14-4-1-2-5-16(14)31-12-17(25)29/h1-2,4-5,10-11H,3,6-9,12H2,(H2,25,29). The monoisotopic (exact) mass is 456 g/mol. The van der Waals surface area contributed by atoms with E-state index in [0.29, 0.717) is 38.2 Å². The molecule has 3 rings (SSSR count). The molecular formula is C20H20ClF3N4O3. The summed E-state index contributed by atoms with van der Waals surface area (Å²) in [5.74, 6) is -0.448. The third-order valence-corrected chi connectivity index (χ3v) is 5.00. The van der Waals surface area contributed by atoms with Crippen LogP contribution < -0.4 is 15.4 Å². The molecule has 1 aromatic heterocycles. The number of amides is 2. The Kier molecular flexibility index (Phi) is 6.89. The Morgan fingerprint density at radius 1 is 1.16 bits per heavy atom. The third kappa shape index (κ3) is 5.57. The number of alkyl halides is 3. The van der Waals surface area contributed by atoms with E-state index in [9.17, 15) is 22.8 Å². The van der Waals surface area contributed by atoms with Crippen LogP contribution in [0.5, 0.6) is 5.75 Å². The Morgan fingerprint density at radius 2 is 1.90 bits per heavy atom. The Hall–Kier alpha value is -3.01. The number of anilines is 1. The number of halogens is 4. The maximum atomic E-state index is 13.0. The zero-order chi connectivity index (χ0) is 22.6. The van der Waals surface area contributed by atoms with E-state index < -0.39 is 17.6 Å². The van der Waals surface area contributed by atoms with Crippen LogP contribution in [0.4, 0.5) is 19.0 Å². The van der Waals surface area contributed by atoms with E-state index in [0.717, 1.165) is 12.3 Å². The third-order valence-electron chi connectivity index (χ3n) is 4.72. The molecular weight excluding hydrogens is 437 g/mol. The van der Waals surface area contributed by atoms with Crippen molar-refractivity contribution in [3.63, 3.8) is 0 Å². The van der Waals surface area contributed by atoms with Crippen LogP contribution in [0.15, 0.2) is 36.5 Å². The average molecular weight is 457 g/mol. The van der Waals surface area contributed by atoms with Crippen LogP contribution >= 0.6 is 11.6 Å². The van der Waals surface area contributed by atoms with Crippen LogP contribution in [0.25, 0.3) is 0 Å². The summed E-state index contributed by atoms with van der Waals surface area (Å²) < 4.78 is 43.9. The predicted octanol–water partition coefficient (Wildman–Crippen LogP) is 2.97. The first-order chi connectivity index (χ1) is 14.7. The number of aromatic nitrogens is 1. The lowest BCUT2D eigenvalue weighted by Gasteiger charge is -2.24. The van der Waals surface area contributed by atoms with Crippen molar-refractivity contribution in [1.82, 2.24) is 9.88 Å². The van der Waals surface area contributed by atoms with Crippen LogP contribution in [-0.4, -0.2) is 54.5 Å². The van der Waals surface area contributed by atoms with E-state index in [4.69, 9.17) is 22.1 Å². The van der Waals surface area contributed by atoms with Gasteiger partial charge in [0.25, 0.3) is 11.8 Å².